The Balaban J connectivity index is 1.95. The van der Waals surface area contributed by atoms with Crippen molar-refractivity contribution >= 4 is 21.4 Å². The average Bonchev–Trinajstić information content (AvgIpc) is 3.23. The van der Waals surface area contributed by atoms with E-state index in [0.29, 0.717) is 36.0 Å². The van der Waals surface area contributed by atoms with E-state index in [1.807, 2.05) is 17.5 Å². The molecule has 0 amide bonds. The molecule has 2 aromatic rings. The van der Waals surface area contributed by atoms with Crippen LogP contribution in [-0.4, -0.2) is 41.8 Å². The van der Waals surface area contributed by atoms with Crippen molar-refractivity contribution in [1.82, 2.24) is 14.1 Å². The molecule has 0 radical (unpaired) electrons. The Kier molecular flexibility index (Phi) is 5.10. The van der Waals surface area contributed by atoms with Gasteiger partial charge in [-0.25, -0.2) is 8.42 Å². The third kappa shape index (κ3) is 3.42. The number of nitrogens with zero attached hydrogens (tertiary/aromatic N) is 3. The van der Waals surface area contributed by atoms with Crippen LogP contribution in [0.4, 0.5) is 0 Å². The molecule has 1 atom stereocenters. The largest absolute Gasteiger partial charge is 0.377 e. The molecule has 24 heavy (non-hydrogen) atoms. The van der Waals surface area contributed by atoms with Crippen molar-refractivity contribution in [2.45, 2.75) is 44.2 Å². The summed E-state index contributed by atoms with van der Waals surface area (Å²) in [4.78, 5) is 1.34. The molecule has 0 spiro atoms. The van der Waals surface area contributed by atoms with Gasteiger partial charge in [-0.3, -0.25) is 4.68 Å². The summed E-state index contributed by atoms with van der Waals surface area (Å²) in [5.41, 5.74) is 1.20. The van der Waals surface area contributed by atoms with E-state index >= 15 is 0 Å². The van der Waals surface area contributed by atoms with Gasteiger partial charge in [0.05, 0.1) is 17.5 Å². The fourth-order valence-electron chi connectivity index (χ4n) is 3.10. The molecule has 0 aromatic carbocycles. The standard InChI is InChI=1S/C16H23N3O3S2/c1-12-16(13(2)18(3)17-12)24(20,21)19(10-14-6-4-8-22-14)11-15-7-5-9-23-15/h5,7,9,14H,4,6,8,10-11H2,1-3H3/t14-/m0/s1. The first-order chi connectivity index (χ1) is 11.4. The highest BCUT2D eigenvalue weighted by Gasteiger charge is 2.33. The number of rotatable bonds is 6. The fraction of sp³-hybridized carbons (Fsp3) is 0.562. The smallest absolute Gasteiger partial charge is 0.247 e. The van der Waals surface area contributed by atoms with Crippen LogP contribution < -0.4 is 0 Å². The second-order valence-electron chi connectivity index (χ2n) is 6.14. The number of aromatic nitrogens is 2. The molecule has 1 fully saturated rings. The minimum atomic E-state index is -3.63. The maximum atomic E-state index is 13.3. The predicted molar refractivity (Wildman–Crippen MR) is 93.6 cm³/mol. The zero-order valence-corrected chi connectivity index (χ0v) is 15.9. The van der Waals surface area contributed by atoms with Gasteiger partial charge in [0.25, 0.3) is 0 Å². The topological polar surface area (TPSA) is 64.4 Å². The van der Waals surface area contributed by atoms with Crippen LogP contribution in [0.3, 0.4) is 0 Å². The molecule has 0 unspecified atom stereocenters. The van der Waals surface area contributed by atoms with Gasteiger partial charge in [0, 0.05) is 31.6 Å². The maximum absolute atomic E-state index is 13.3. The van der Waals surface area contributed by atoms with Crippen LogP contribution >= 0.6 is 11.3 Å². The van der Waals surface area contributed by atoms with Crippen LogP contribution in [0, 0.1) is 13.8 Å². The lowest BCUT2D eigenvalue weighted by molar-refractivity contribution is 0.0927. The summed E-state index contributed by atoms with van der Waals surface area (Å²) in [7, 11) is -1.86. The fourth-order valence-corrected chi connectivity index (χ4v) is 5.75. The van der Waals surface area contributed by atoms with Crippen molar-refractivity contribution in [3.63, 3.8) is 0 Å². The number of aryl methyl sites for hydroxylation is 2. The van der Waals surface area contributed by atoms with Crippen molar-refractivity contribution in [1.29, 1.82) is 0 Å². The maximum Gasteiger partial charge on any atom is 0.247 e. The molecule has 0 aliphatic carbocycles. The highest BCUT2D eigenvalue weighted by molar-refractivity contribution is 7.89. The van der Waals surface area contributed by atoms with Crippen LogP contribution in [0.25, 0.3) is 0 Å². The Bertz CT molecular complexity index is 791. The zero-order valence-electron chi connectivity index (χ0n) is 14.2. The van der Waals surface area contributed by atoms with Crippen LogP contribution in [0.2, 0.25) is 0 Å². The van der Waals surface area contributed by atoms with Gasteiger partial charge in [0.2, 0.25) is 10.0 Å². The predicted octanol–water partition coefficient (Wildman–Crippen LogP) is 2.47. The molecule has 2 aromatic heterocycles. The molecular weight excluding hydrogens is 346 g/mol. The molecule has 0 saturated carbocycles. The zero-order chi connectivity index (χ0) is 17.3. The van der Waals surface area contributed by atoms with Gasteiger partial charge in [0.1, 0.15) is 4.90 Å². The minimum absolute atomic E-state index is 0.0305. The third-order valence-electron chi connectivity index (χ3n) is 4.38. The van der Waals surface area contributed by atoms with Crippen LogP contribution in [0.15, 0.2) is 22.4 Å². The van der Waals surface area contributed by atoms with E-state index in [-0.39, 0.29) is 6.10 Å². The molecule has 6 nitrogen and oxygen atoms in total. The molecule has 8 heteroatoms. The quantitative estimate of drug-likeness (QED) is 0.785. The highest BCUT2D eigenvalue weighted by atomic mass is 32.2. The molecule has 3 heterocycles. The normalized spacial score (nSPS) is 18.6. The van der Waals surface area contributed by atoms with E-state index in [2.05, 4.69) is 5.10 Å². The van der Waals surface area contributed by atoms with E-state index in [4.69, 9.17) is 4.74 Å². The lowest BCUT2D eigenvalue weighted by atomic mass is 10.2. The van der Waals surface area contributed by atoms with E-state index in [1.165, 1.54) is 0 Å². The Labute approximate surface area is 147 Å². The summed E-state index contributed by atoms with van der Waals surface area (Å²) in [6.45, 7) is 5.00. The van der Waals surface area contributed by atoms with Gasteiger partial charge < -0.3 is 4.74 Å². The van der Waals surface area contributed by atoms with Crippen molar-refractivity contribution in [3.05, 3.63) is 33.8 Å². The van der Waals surface area contributed by atoms with Gasteiger partial charge in [-0.1, -0.05) is 6.07 Å². The molecule has 0 N–H and O–H groups in total. The van der Waals surface area contributed by atoms with E-state index < -0.39 is 10.0 Å². The van der Waals surface area contributed by atoms with E-state index in [1.54, 1.807) is 41.2 Å². The second kappa shape index (κ2) is 6.95. The van der Waals surface area contributed by atoms with Gasteiger partial charge >= 0.3 is 0 Å². The first-order valence-corrected chi connectivity index (χ1v) is 10.4. The number of hydrogen-bond acceptors (Lipinski definition) is 5. The van der Waals surface area contributed by atoms with Crippen molar-refractivity contribution in [2.75, 3.05) is 13.2 Å². The number of thiophene rings is 1. The monoisotopic (exact) mass is 369 g/mol. The Morgan fingerprint density at radius 2 is 2.25 bits per heavy atom. The molecule has 1 aliphatic heterocycles. The molecule has 132 valence electrons. The van der Waals surface area contributed by atoms with Crippen molar-refractivity contribution in [2.24, 2.45) is 7.05 Å². The van der Waals surface area contributed by atoms with Gasteiger partial charge in [-0.2, -0.15) is 9.40 Å². The summed E-state index contributed by atoms with van der Waals surface area (Å²) in [6, 6.07) is 3.91. The second-order valence-corrected chi connectivity index (χ2v) is 9.04. The first-order valence-electron chi connectivity index (χ1n) is 8.04. The van der Waals surface area contributed by atoms with E-state index in [0.717, 1.165) is 17.7 Å². The first kappa shape index (κ1) is 17.6. The summed E-state index contributed by atoms with van der Waals surface area (Å²) in [5, 5.41) is 6.24. The number of hydrogen-bond donors (Lipinski definition) is 0. The lowest BCUT2D eigenvalue weighted by Gasteiger charge is -2.24. The summed E-state index contributed by atoms with van der Waals surface area (Å²) in [5.74, 6) is 0. The third-order valence-corrected chi connectivity index (χ3v) is 7.31. The highest BCUT2D eigenvalue weighted by Crippen LogP contribution is 2.27. The van der Waals surface area contributed by atoms with Crippen LogP contribution in [0.1, 0.15) is 29.1 Å². The van der Waals surface area contributed by atoms with Gasteiger partial charge in [-0.15, -0.1) is 11.3 Å². The summed E-state index contributed by atoms with van der Waals surface area (Å²) < 4.78 is 35.5. The SMILES string of the molecule is Cc1nn(C)c(C)c1S(=O)(=O)N(Cc1cccs1)C[C@@H]1CCCO1. The van der Waals surface area contributed by atoms with Gasteiger partial charge in [0.15, 0.2) is 0 Å². The molecule has 1 saturated heterocycles. The molecule has 0 bridgehead atoms. The number of ether oxygens (including phenoxy) is 1. The molecule has 1 aliphatic rings. The van der Waals surface area contributed by atoms with Gasteiger partial charge in [-0.05, 0) is 38.1 Å². The lowest BCUT2D eigenvalue weighted by Crippen LogP contribution is -2.37. The molecular formula is C16H23N3O3S2. The van der Waals surface area contributed by atoms with E-state index in [9.17, 15) is 8.42 Å². The average molecular weight is 370 g/mol. The van der Waals surface area contributed by atoms with Crippen LogP contribution in [0.5, 0.6) is 0 Å². The summed E-state index contributed by atoms with van der Waals surface area (Å²) in [6.07, 6.45) is 1.86. The molecule has 3 rings (SSSR count). The minimum Gasteiger partial charge on any atom is -0.377 e. The van der Waals surface area contributed by atoms with Crippen molar-refractivity contribution in [3.8, 4) is 0 Å². The Morgan fingerprint density at radius 1 is 1.46 bits per heavy atom. The summed E-state index contributed by atoms with van der Waals surface area (Å²) >= 11 is 1.57. The Morgan fingerprint density at radius 3 is 2.79 bits per heavy atom. The number of sulfonamides is 1. The van der Waals surface area contributed by atoms with Crippen molar-refractivity contribution < 1.29 is 13.2 Å². The van der Waals surface area contributed by atoms with Crippen LogP contribution in [-0.2, 0) is 28.4 Å². The Hall–Kier alpha value is -1.22.